The molecule has 2 atom stereocenters. The normalized spacial score (nSPS) is 14.7. The molecule has 1 saturated heterocycles. The molecule has 1 aromatic rings. The van der Waals surface area contributed by atoms with Gasteiger partial charge in [0.1, 0.15) is 23.3 Å². The molecular formula is C33H47N3O10. The number of hydrogen-bond acceptors (Lipinski definition) is 10. The Morgan fingerprint density at radius 3 is 1.67 bits per heavy atom. The molecule has 1 heterocycles. The smallest absolute Gasteiger partial charge is 0.333 e. The summed E-state index contributed by atoms with van der Waals surface area (Å²) in [6, 6.07) is 5.59. The molecule has 0 unspecified atom stereocenters. The molecule has 0 bridgehead atoms. The van der Waals surface area contributed by atoms with Crippen molar-refractivity contribution in [3.63, 3.8) is 0 Å². The zero-order valence-electron chi connectivity index (χ0n) is 27.9. The van der Waals surface area contributed by atoms with Gasteiger partial charge >= 0.3 is 17.9 Å². The van der Waals surface area contributed by atoms with Crippen molar-refractivity contribution in [3.8, 4) is 0 Å². The van der Waals surface area contributed by atoms with Gasteiger partial charge in [-0.15, -0.1) is 5.06 Å². The summed E-state index contributed by atoms with van der Waals surface area (Å²) in [5.41, 5.74) is 0.484. The van der Waals surface area contributed by atoms with E-state index in [4.69, 9.17) is 14.3 Å². The monoisotopic (exact) mass is 645 g/mol. The Morgan fingerprint density at radius 2 is 1.20 bits per heavy atom. The number of carbonyl (C=O) groups is 7. The van der Waals surface area contributed by atoms with Gasteiger partial charge in [-0.3, -0.25) is 19.2 Å². The van der Waals surface area contributed by atoms with Gasteiger partial charge in [-0.05, 0) is 79.7 Å². The van der Waals surface area contributed by atoms with Crippen LogP contribution in [0, 0.1) is 6.92 Å². The Hall–Kier alpha value is -4.29. The molecule has 2 N–H and O–H groups in total. The maximum atomic E-state index is 13.0. The summed E-state index contributed by atoms with van der Waals surface area (Å²) in [6.45, 7) is 12.0. The van der Waals surface area contributed by atoms with Gasteiger partial charge in [0.2, 0.25) is 11.8 Å². The van der Waals surface area contributed by atoms with E-state index in [2.05, 4.69) is 10.6 Å². The first kappa shape index (κ1) is 37.9. The summed E-state index contributed by atoms with van der Waals surface area (Å²) >= 11 is 0. The molecule has 13 nitrogen and oxygen atoms in total. The molecule has 0 radical (unpaired) electrons. The number of nitrogens with one attached hydrogen (secondary N) is 2. The molecule has 1 aliphatic rings. The third-order valence-corrected chi connectivity index (χ3v) is 6.54. The fourth-order valence-corrected chi connectivity index (χ4v) is 4.33. The van der Waals surface area contributed by atoms with Crippen molar-refractivity contribution in [1.29, 1.82) is 0 Å². The summed E-state index contributed by atoms with van der Waals surface area (Å²) in [4.78, 5) is 92.2. The van der Waals surface area contributed by atoms with Gasteiger partial charge in [-0.25, -0.2) is 14.4 Å². The predicted octanol–water partition coefficient (Wildman–Crippen LogP) is 3.14. The van der Waals surface area contributed by atoms with Crippen LogP contribution in [0.15, 0.2) is 24.3 Å². The van der Waals surface area contributed by atoms with Gasteiger partial charge in [0, 0.05) is 25.7 Å². The SMILES string of the molecule is Cc1ccc(CCCC(=O)N[C@@H](CCC(=O)N[C@@H](CCC(=O)ON2C(=O)CCC2=O)C(=O)OC(C)(C)C)C(=O)OC(C)(C)C)cc1. The van der Waals surface area contributed by atoms with Crippen LogP contribution in [0.5, 0.6) is 0 Å². The maximum Gasteiger partial charge on any atom is 0.333 e. The van der Waals surface area contributed by atoms with E-state index in [9.17, 15) is 33.6 Å². The van der Waals surface area contributed by atoms with Crippen LogP contribution in [0.1, 0.15) is 104 Å². The second kappa shape index (κ2) is 16.9. The second-order valence-electron chi connectivity index (χ2n) is 13.3. The number of hydrogen-bond donors (Lipinski definition) is 2. The van der Waals surface area contributed by atoms with Crippen LogP contribution in [0.3, 0.4) is 0 Å². The summed E-state index contributed by atoms with van der Waals surface area (Å²) in [6.07, 6.45) is 0.199. The van der Waals surface area contributed by atoms with Crippen molar-refractivity contribution < 1.29 is 47.9 Å². The second-order valence-corrected chi connectivity index (χ2v) is 13.3. The van der Waals surface area contributed by atoms with Crippen LogP contribution < -0.4 is 10.6 Å². The highest BCUT2D eigenvalue weighted by Crippen LogP contribution is 2.16. The van der Waals surface area contributed by atoms with E-state index in [1.165, 1.54) is 0 Å². The molecular weight excluding hydrogens is 598 g/mol. The van der Waals surface area contributed by atoms with E-state index in [-0.39, 0.29) is 44.4 Å². The number of amides is 4. The fraction of sp³-hybridized carbons (Fsp3) is 0.606. The van der Waals surface area contributed by atoms with E-state index in [1.54, 1.807) is 41.5 Å². The minimum atomic E-state index is -1.28. The number of esters is 2. The molecule has 1 aliphatic heterocycles. The minimum absolute atomic E-state index is 0.0686. The zero-order valence-corrected chi connectivity index (χ0v) is 27.9. The van der Waals surface area contributed by atoms with Crippen molar-refractivity contribution in [2.24, 2.45) is 0 Å². The lowest BCUT2D eigenvalue weighted by Crippen LogP contribution is -2.47. The van der Waals surface area contributed by atoms with Crippen LogP contribution >= 0.6 is 0 Å². The van der Waals surface area contributed by atoms with Crippen molar-refractivity contribution in [1.82, 2.24) is 15.7 Å². The average molecular weight is 646 g/mol. The van der Waals surface area contributed by atoms with E-state index in [1.807, 2.05) is 31.2 Å². The fourth-order valence-electron chi connectivity index (χ4n) is 4.33. The molecule has 254 valence electrons. The number of aryl methyl sites for hydroxylation is 2. The maximum absolute atomic E-state index is 13.0. The zero-order chi connectivity index (χ0) is 34.7. The number of rotatable bonds is 15. The first-order valence-corrected chi connectivity index (χ1v) is 15.5. The molecule has 0 saturated carbocycles. The van der Waals surface area contributed by atoms with E-state index in [0.717, 1.165) is 11.1 Å². The van der Waals surface area contributed by atoms with Gasteiger partial charge in [0.05, 0.1) is 6.42 Å². The summed E-state index contributed by atoms with van der Waals surface area (Å²) < 4.78 is 10.9. The summed E-state index contributed by atoms with van der Waals surface area (Å²) in [7, 11) is 0. The van der Waals surface area contributed by atoms with Crippen LogP contribution in [0.25, 0.3) is 0 Å². The number of imide groups is 1. The third-order valence-electron chi connectivity index (χ3n) is 6.54. The minimum Gasteiger partial charge on any atom is -0.458 e. The highest BCUT2D eigenvalue weighted by molar-refractivity contribution is 6.01. The van der Waals surface area contributed by atoms with Gasteiger partial charge in [0.15, 0.2) is 0 Å². The first-order chi connectivity index (χ1) is 21.3. The summed E-state index contributed by atoms with van der Waals surface area (Å²) in [5, 5.41) is 5.60. The Kier molecular flexibility index (Phi) is 13.9. The average Bonchev–Trinajstić information content (AvgIpc) is 3.24. The lowest BCUT2D eigenvalue weighted by molar-refractivity contribution is -0.197. The van der Waals surface area contributed by atoms with Crippen molar-refractivity contribution in [2.75, 3.05) is 0 Å². The van der Waals surface area contributed by atoms with Gasteiger partial charge in [0.25, 0.3) is 11.8 Å². The standard InChI is InChI=1S/C33H47N3O10/c1-21-11-13-22(14-12-21)9-8-10-25(37)34-23(30(42)44-32(2,3)4)15-17-26(38)35-24(31(43)45-33(5,6)7)16-20-29(41)46-36-27(39)18-19-28(36)40/h11-14,23-24H,8-10,15-20H2,1-7H3,(H,34,37)(H,35,38)/t23-,24-/m0/s1. The number of benzene rings is 1. The van der Waals surface area contributed by atoms with Crippen molar-refractivity contribution >= 4 is 41.5 Å². The molecule has 0 spiro atoms. The van der Waals surface area contributed by atoms with E-state index >= 15 is 0 Å². The molecule has 13 heteroatoms. The molecule has 1 fully saturated rings. The van der Waals surface area contributed by atoms with Gasteiger partial charge in [-0.2, -0.15) is 0 Å². The Balaban J connectivity index is 2.01. The number of nitrogens with zero attached hydrogens (tertiary/aromatic N) is 1. The lowest BCUT2D eigenvalue weighted by atomic mass is 10.1. The first-order valence-electron chi connectivity index (χ1n) is 15.5. The van der Waals surface area contributed by atoms with E-state index in [0.29, 0.717) is 17.9 Å². The number of ether oxygens (including phenoxy) is 2. The topological polar surface area (TPSA) is 174 Å². The predicted molar refractivity (Wildman–Crippen MR) is 165 cm³/mol. The molecule has 1 aromatic carbocycles. The number of carbonyl (C=O) groups excluding carboxylic acids is 7. The molecule has 0 aliphatic carbocycles. The Bertz CT molecular complexity index is 1260. The highest BCUT2D eigenvalue weighted by Gasteiger charge is 2.34. The van der Waals surface area contributed by atoms with E-state index < -0.39 is 65.3 Å². The quantitative estimate of drug-likeness (QED) is 0.213. The van der Waals surface area contributed by atoms with Crippen LogP contribution in [-0.4, -0.2) is 69.9 Å². The van der Waals surface area contributed by atoms with Gasteiger partial charge < -0.3 is 24.9 Å². The van der Waals surface area contributed by atoms with Crippen molar-refractivity contribution in [3.05, 3.63) is 35.4 Å². The molecule has 0 aromatic heterocycles. The van der Waals surface area contributed by atoms with Crippen LogP contribution in [0.2, 0.25) is 0 Å². The van der Waals surface area contributed by atoms with Crippen LogP contribution in [0.4, 0.5) is 0 Å². The Labute approximate surface area is 270 Å². The largest absolute Gasteiger partial charge is 0.458 e. The third kappa shape index (κ3) is 14.2. The molecule has 4 amide bonds. The lowest BCUT2D eigenvalue weighted by Gasteiger charge is -2.26. The molecule has 2 rings (SSSR count). The highest BCUT2D eigenvalue weighted by atomic mass is 16.7. The Morgan fingerprint density at radius 1 is 0.739 bits per heavy atom. The van der Waals surface area contributed by atoms with Crippen LogP contribution in [-0.2, 0) is 54.3 Å². The molecule has 46 heavy (non-hydrogen) atoms. The van der Waals surface area contributed by atoms with Crippen molar-refractivity contribution in [2.45, 2.75) is 130 Å². The van der Waals surface area contributed by atoms with Gasteiger partial charge in [-0.1, -0.05) is 29.8 Å². The summed E-state index contributed by atoms with van der Waals surface area (Å²) in [5.74, 6) is -4.76. The number of hydroxylamine groups is 2.